The van der Waals surface area contributed by atoms with Crippen LogP contribution in [-0.4, -0.2) is 21.5 Å². The van der Waals surface area contributed by atoms with Crippen LogP contribution in [-0.2, 0) is 0 Å². The van der Waals surface area contributed by atoms with Crippen molar-refractivity contribution < 1.29 is 0 Å². The molecule has 0 bridgehead atoms. The molecule has 0 N–H and O–H groups in total. The summed E-state index contributed by atoms with van der Waals surface area (Å²) >= 11 is 4.42. The van der Waals surface area contributed by atoms with Crippen LogP contribution in [0.15, 0.2) is 18.7 Å². The number of nitrogens with zero attached hydrogens (tertiary/aromatic N) is 2. The van der Waals surface area contributed by atoms with Gasteiger partial charge in [0.2, 0.25) is 0 Å². The molecule has 0 unspecified atom stereocenters. The van der Waals surface area contributed by atoms with Crippen LogP contribution in [0.4, 0.5) is 0 Å². The van der Waals surface area contributed by atoms with E-state index in [1.54, 1.807) is 12.5 Å². The molecular formula is C5H10N2S2. The van der Waals surface area contributed by atoms with E-state index in [0.29, 0.717) is 0 Å². The van der Waals surface area contributed by atoms with Crippen molar-refractivity contribution >= 4 is 20.9 Å². The maximum absolute atomic E-state index is 4.42. The summed E-state index contributed by atoms with van der Waals surface area (Å²) < 4.78 is 2.02. The Balaban J connectivity index is 2.90. The van der Waals surface area contributed by atoms with Gasteiger partial charge in [-0.15, -0.1) is 20.9 Å². The van der Waals surface area contributed by atoms with Gasteiger partial charge >= 0.3 is 0 Å². The fourth-order valence-electron chi connectivity index (χ4n) is 0.511. The molecule has 0 aromatic carbocycles. The Bertz CT molecular complexity index is 175. The molecule has 52 valence electrons. The number of aromatic nitrogens is 2. The van der Waals surface area contributed by atoms with Crippen LogP contribution in [0.1, 0.15) is 0 Å². The quantitative estimate of drug-likeness (QED) is 0.490. The largest absolute Gasteiger partial charge is 0.291 e. The van der Waals surface area contributed by atoms with Gasteiger partial charge in [-0.1, -0.05) is 0 Å². The Morgan fingerprint density at radius 2 is 2.22 bits per heavy atom. The molecule has 0 fully saturated rings. The van der Waals surface area contributed by atoms with Crippen molar-refractivity contribution in [2.75, 3.05) is 12.5 Å². The molecule has 0 spiro atoms. The highest BCUT2D eigenvalue weighted by atomic mass is 33.1. The second kappa shape index (κ2) is 2.27. The van der Waals surface area contributed by atoms with E-state index in [0.717, 1.165) is 0 Å². The molecular weight excluding hydrogens is 152 g/mol. The molecule has 2 nitrogen and oxygen atoms in total. The molecule has 1 rings (SSSR count). The monoisotopic (exact) mass is 162 g/mol. The molecule has 4 heteroatoms. The molecule has 0 saturated heterocycles. The topological polar surface area (TPSA) is 17.8 Å². The SMILES string of the molecule is CS(C)(S)n1ccnc1. The first-order valence-corrected chi connectivity index (χ1v) is 6.01. The number of hydrogen-bond acceptors (Lipinski definition) is 2. The van der Waals surface area contributed by atoms with Gasteiger partial charge in [-0.25, -0.2) is 4.98 Å². The molecule has 0 aliphatic heterocycles. The molecule has 1 aromatic heterocycles. The van der Waals surface area contributed by atoms with E-state index >= 15 is 0 Å². The number of rotatable bonds is 1. The summed E-state index contributed by atoms with van der Waals surface area (Å²) in [6.07, 6.45) is 9.69. The highest BCUT2D eigenvalue weighted by molar-refractivity contribution is 8.86. The molecule has 0 atom stereocenters. The first kappa shape index (κ1) is 7.02. The van der Waals surface area contributed by atoms with Gasteiger partial charge in [0.05, 0.1) is 0 Å². The van der Waals surface area contributed by atoms with Crippen molar-refractivity contribution in [3.63, 3.8) is 0 Å². The van der Waals surface area contributed by atoms with Gasteiger partial charge in [-0.3, -0.25) is 3.97 Å². The molecule has 0 saturated carbocycles. The van der Waals surface area contributed by atoms with Crippen LogP contribution in [0.3, 0.4) is 0 Å². The molecule has 1 aromatic rings. The van der Waals surface area contributed by atoms with Crippen molar-refractivity contribution in [1.29, 1.82) is 0 Å². The summed E-state index contributed by atoms with van der Waals surface area (Å²) in [5, 5.41) is 0. The average Bonchev–Trinajstić information content (AvgIpc) is 2.08. The maximum atomic E-state index is 4.42. The third-order valence-electron chi connectivity index (χ3n) is 0.996. The summed E-state index contributed by atoms with van der Waals surface area (Å²) in [4.78, 5) is 3.92. The minimum atomic E-state index is -0.911. The van der Waals surface area contributed by atoms with E-state index in [9.17, 15) is 0 Å². The molecule has 1 heterocycles. The van der Waals surface area contributed by atoms with Crippen LogP contribution in [0, 0.1) is 0 Å². The van der Waals surface area contributed by atoms with Crippen molar-refractivity contribution in [2.45, 2.75) is 0 Å². The van der Waals surface area contributed by atoms with Crippen LogP contribution in [0.2, 0.25) is 0 Å². The van der Waals surface area contributed by atoms with Crippen LogP contribution >= 0.6 is 20.9 Å². The van der Waals surface area contributed by atoms with Gasteiger partial charge in [0, 0.05) is 12.4 Å². The molecule has 0 amide bonds. The van der Waals surface area contributed by atoms with Crippen LogP contribution in [0.25, 0.3) is 0 Å². The van der Waals surface area contributed by atoms with Crippen LogP contribution < -0.4 is 0 Å². The Hall–Kier alpha value is -0.0900. The van der Waals surface area contributed by atoms with Gasteiger partial charge in [-0.2, -0.15) is 0 Å². The highest BCUT2D eigenvalue weighted by Crippen LogP contribution is 2.45. The number of imidazole rings is 1. The first-order chi connectivity index (χ1) is 4.11. The van der Waals surface area contributed by atoms with Gasteiger partial charge in [0.25, 0.3) is 0 Å². The van der Waals surface area contributed by atoms with Gasteiger partial charge < -0.3 is 0 Å². The summed E-state index contributed by atoms with van der Waals surface area (Å²) in [5.41, 5.74) is 0. The lowest BCUT2D eigenvalue weighted by Gasteiger charge is -2.24. The lowest BCUT2D eigenvalue weighted by molar-refractivity contribution is 1.22. The standard InChI is InChI=1S/C5H10N2S2/c1-9(2,8)7-4-3-6-5-7/h3-5,8H,1-2H3. The molecule has 0 aliphatic rings. The van der Waals surface area contributed by atoms with E-state index in [4.69, 9.17) is 0 Å². The summed E-state index contributed by atoms with van der Waals surface area (Å²) in [6, 6.07) is 0. The fraction of sp³-hybridized carbons (Fsp3) is 0.400. The second-order valence-electron chi connectivity index (χ2n) is 2.14. The van der Waals surface area contributed by atoms with E-state index < -0.39 is 9.25 Å². The Kier molecular flexibility index (Phi) is 1.77. The molecule has 9 heavy (non-hydrogen) atoms. The smallest absolute Gasteiger partial charge is 0.104 e. The van der Waals surface area contributed by atoms with Gasteiger partial charge in [-0.05, 0) is 12.5 Å². The summed E-state index contributed by atoms with van der Waals surface area (Å²) in [6.45, 7) is 0. The zero-order chi connectivity index (χ0) is 6.91. The van der Waals surface area contributed by atoms with Crippen molar-refractivity contribution in [2.24, 2.45) is 0 Å². The Labute approximate surface area is 61.5 Å². The third kappa shape index (κ3) is 1.66. The fourth-order valence-corrected chi connectivity index (χ4v) is 1.44. The minimum absolute atomic E-state index is 0.911. The molecule has 0 aliphatic carbocycles. The lowest BCUT2D eigenvalue weighted by Crippen LogP contribution is -1.96. The first-order valence-electron chi connectivity index (χ1n) is 2.55. The maximum Gasteiger partial charge on any atom is 0.104 e. The summed E-state index contributed by atoms with van der Waals surface area (Å²) in [5.74, 6) is 0. The van der Waals surface area contributed by atoms with E-state index in [-0.39, 0.29) is 0 Å². The highest BCUT2D eigenvalue weighted by Gasteiger charge is 2.04. The lowest BCUT2D eigenvalue weighted by atomic mass is 11.0. The van der Waals surface area contributed by atoms with E-state index in [1.165, 1.54) is 0 Å². The van der Waals surface area contributed by atoms with Crippen molar-refractivity contribution in [3.05, 3.63) is 18.7 Å². The van der Waals surface area contributed by atoms with E-state index in [1.807, 2.05) is 10.2 Å². The second-order valence-corrected chi connectivity index (χ2v) is 7.69. The predicted octanol–water partition coefficient (Wildman–Crippen LogP) is 1.56. The zero-order valence-electron chi connectivity index (χ0n) is 5.48. The summed E-state index contributed by atoms with van der Waals surface area (Å²) in [7, 11) is -0.911. The minimum Gasteiger partial charge on any atom is -0.291 e. The van der Waals surface area contributed by atoms with Crippen molar-refractivity contribution in [3.8, 4) is 0 Å². The normalized spacial score (nSPS) is 13.7. The Morgan fingerprint density at radius 1 is 1.56 bits per heavy atom. The average molecular weight is 162 g/mol. The third-order valence-corrected chi connectivity index (χ3v) is 2.81. The number of hydrogen-bond donors (Lipinski definition) is 1. The van der Waals surface area contributed by atoms with Crippen molar-refractivity contribution in [1.82, 2.24) is 8.96 Å². The van der Waals surface area contributed by atoms with Crippen LogP contribution in [0.5, 0.6) is 0 Å². The Morgan fingerprint density at radius 3 is 2.44 bits per heavy atom. The van der Waals surface area contributed by atoms with E-state index in [2.05, 4.69) is 29.2 Å². The van der Waals surface area contributed by atoms with Gasteiger partial charge in [0.1, 0.15) is 6.33 Å². The zero-order valence-corrected chi connectivity index (χ0v) is 7.19. The predicted molar refractivity (Wildman–Crippen MR) is 46.1 cm³/mol. The molecule has 0 radical (unpaired) electrons. The van der Waals surface area contributed by atoms with Gasteiger partial charge in [0.15, 0.2) is 0 Å². The number of thiol groups is 1.